The predicted octanol–water partition coefficient (Wildman–Crippen LogP) is 3.16. The highest BCUT2D eigenvalue weighted by molar-refractivity contribution is 6.02. The van der Waals surface area contributed by atoms with E-state index in [2.05, 4.69) is 47.4 Å². The summed E-state index contributed by atoms with van der Waals surface area (Å²) in [5.74, 6) is -0.424. The van der Waals surface area contributed by atoms with Crippen LogP contribution in [0.3, 0.4) is 0 Å². The van der Waals surface area contributed by atoms with Gasteiger partial charge in [0.15, 0.2) is 0 Å². The summed E-state index contributed by atoms with van der Waals surface area (Å²) < 4.78 is 1.19. The average Bonchev–Trinajstić information content (AvgIpc) is 2.85. The van der Waals surface area contributed by atoms with Crippen LogP contribution in [-0.4, -0.2) is 52.7 Å². The summed E-state index contributed by atoms with van der Waals surface area (Å²) in [5, 5.41) is 6.98. The first-order valence-corrected chi connectivity index (χ1v) is 11.9. The molecule has 2 amide bonds. The topological polar surface area (TPSA) is 87.5 Å². The Morgan fingerprint density at radius 1 is 0.943 bits per heavy atom. The van der Waals surface area contributed by atoms with E-state index in [0.717, 1.165) is 18.7 Å². The van der Waals surface area contributed by atoms with Crippen molar-refractivity contribution in [3.8, 4) is 0 Å². The van der Waals surface area contributed by atoms with Crippen molar-refractivity contribution in [2.75, 3.05) is 36.4 Å². The number of hydrogen-bond acceptors (Lipinski definition) is 5. The van der Waals surface area contributed by atoms with E-state index in [4.69, 9.17) is 0 Å². The van der Waals surface area contributed by atoms with Crippen LogP contribution in [0.15, 0.2) is 59.4 Å². The molecule has 182 valence electrons. The molecule has 1 aliphatic heterocycles. The fourth-order valence-electron chi connectivity index (χ4n) is 4.28. The van der Waals surface area contributed by atoms with Gasteiger partial charge in [0.2, 0.25) is 5.91 Å². The number of anilines is 2. The Balaban J connectivity index is 1.34. The van der Waals surface area contributed by atoms with Crippen LogP contribution in [0.1, 0.15) is 33.6 Å². The molecule has 1 aromatic heterocycles. The minimum Gasteiger partial charge on any atom is -0.368 e. The Morgan fingerprint density at radius 3 is 2.43 bits per heavy atom. The van der Waals surface area contributed by atoms with Crippen molar-refractivity contribution in [3.63, 3.8) is 0 Å². The smallest absolute Gasteiger partial charge is 0.276 e. The third kappa shape index (κ3) is 5.77. The quantitative estimate of drug-likeness (QED) is 0.594. The molecule has 0 atom stereocenters. The third-order valence-corrected chi connectivity index (χ3v) is 6.46. The molecule has 1 saturated heterocycles. The summed E-state index contributed by atoms with van der Waals surface area (Å²) in [6.07, 6.45) is 0.152. The maximum Gasteiger partial charge on any atom is 0.276 e. The number of piperazine rings is 1. The molecule has 0 radical (unpaired) electrons. The molecule has 0 spiro atoms. The predicted molar refractivity (Wildman–Crippen MR) is 137 cm³/mol. The monoisotopic (exact) mass is 473 g/mol. The number of aryl methyl sites for hydroxylation is 3. The molecule has 8 nitrogen and oxygen atoms in total. The van der Waals surface area contributed by atoms with Gasteiger partial charge in [0.1, 0.15) is 5.69 Å². The molecule has 4 rings (SSSR count). The van der Waals surface area contributed by atoms with E-state index in [-0.39, 0.29) is 30.1 Å². The van der Waals surface area contributed by atoms with Crippen molar-refractivity contribution in [1.29, 1.82) is 0 Å². The second kappa shape index (κ2) is 10.5. The largest absolute Gasteiger partial charge is 0.368 e. The van der Waals surface area contributed by atoms with Crippen molar-refractivity contribution in [3.05, 3.63) is 87.3 Å². The van der Waals surface area contributed by atoms with Crippen LogP contribution in [0.2, 0.25) is 0 Å². The Morgan fingerprint density at radius 2 is 1.69 bits per heavy atom. The molecular weight excluding hydrogens is 442 g/mol. The van der Waals surface area contributed by atoms with Gasteiger partial charge in [-0.05, 0) is 61.7 Å². The number of benzene rings is 2. The Hall–Kier alpha value is -3.94. The highest BCUT2D eigenvalue weighted by Crippen LogP contribution is 2.24. The third-order valence-electron chi connectivity index (χ3n) is 6.46. The number of nitrogens with zero attached hydrogens (tertiary/aromatic N) is 4. The summed E-state index contributed by atoms with van der Waals surface area (Å²) in [6.45, 7) is 9.10. The molecule has 2 heterocycles. The summed E-state index contributed by atoms with van der Waals surface area (Å²) in [7, 11) is 0. The van der Waals surface area contributed by atoms with Gasteiger partial charge >= 0.3 is 0 Å². The van der Waals surface area contributed by atoms with Gasteiger partial charge in [0.25, 0.3) is 11.5 Å². The Kier molecular flexibility index (Phi) is 7.29. The second-order valence-electron chi connectivity index (χ2n) is 8.94. The van der Waals surface area contributed by atoms with Crippen LogP contribution in [0, 0.1) is 20.8 Å². The Labute approximate surface area is 205 Å². The van der Waals surface area contributed by atoms with Gasteiger partial charge in [-0.3, -0.25) is 14.4 Å². The number of carbonyl (C=O) groups excluding carboxylic acids is 2. The minimum absolute atomic E-state index is 0.0195. The van der Waals surface area contributed by atoms with E-state index >= 15 is 0 Å². The molecule has 0 aliphatic carbocycles. The highest BCUT2D eigenvalue weighted by Gasteiger charge is 2.22. The summed E-state index contributed by atoms with van der Waals surface area (Å²) in [6, 6.07) is 16.4. The highest BCUT2D eigenvalue weighted by atomic mass is 16.2. The van der Waals surface area contributed by atoms with Crippen molar-refractivity contribution in [1.82, 2.24) is 14.7 Å². The first-order chi connectivity index (χ1) is 16.8. The van der Waals surface area contributed by atoms with Crippen molar-refractivity contribution in [2.45, 2.75) is 33.7 Å². The summed E-state index contributed by atoms with van der Waals surface area (Å²) in [4.78, 5) is 41.9. The number of rotatable bonds is 6. The van der Waals surface area contributed by atoms with Gasteiger partial charge in [-0.15, -0.1) is 0 Å². The molecule has 8 heteroatoms. The van der Waals surface area contributed by atoms with Gasteiger partial charge in [-0.25, -0.2) is 4.68 Å². The SMILES string of the molecule is Cc1cccc(NC(=O)c2ccc(=O)n(CCC(=O)N3CCN(c4cccc(C)c4C)CC3)n2)c1. The number of carbonyl (C=O) groups is 2. The molecule has 35 heavy (non-hydrogen) atoms. The maximum absolute atomic E-state index is 12.8. The normalized spacial score (nSPS) is 13.6. The van der Waals surface area contributed by atoms with E-state index in [1.807, 2.05) is 30.0 Å². The lowest BCUT2D eigenvalue weighted by atomic mass is 10.1. The van der Waals surface area contributed by atoms with E-state index in [1.54, 1.807) is 6.07 Å². The fourth-order valence-corrected chi connectivity index (χ4v) is 4.28. The van der Waals surface area contributed by atoms with E-state index < -0.39 is 5.91 Å². The zero-order valence-electron chi connectivity index (χ0n) is 20.5. The molecule has 3 aromatic rings. The van der Waals surface area contributed by atoms with Crippen molar-refractivity contribution < 1.29 is 9.59 Å². The van der Waals surface area contributed by atoms with Gasteiger partial charge in [0.05, 0.1) is 6.54 Å². The van der Waals surface area contributed by atoms with E-state index in [0.29, 0.717) is 18.8 Å². The number of nitrogens with one attached hydrogen (secondary N) is 1. The number of aromatic nitrogens is 2. The number of amides is 2. The standard InChI is InChI=1S/C27H31N5O3/c1-19-6-4-8-22(18-19)28-27(35)23-10-11-26(34)32(29-23)13-12-25(33)31-16-14-30(15-17-31)24-9-5-7-20(2)21(24)3/h4-11,18H,12-17H2,1-3H3,(H,28,35). The van der Waals surface area contributed by atoms with Crippen LogP contribution in [0.5, 0.6) is 0 Å². The molecule has 2 aromatic carbocycles. The molecule has 1 fully saturated rings. The van der Waals surface area contributed by atoms with Gasteiger partial charge in [-0.2, -0.15) is 5.10 Å². The molecular formula is C27H31N5O3. The second-order valence-corrected chi connectivity index (χ2v) is 8.94. The minimum atomic E-state index is -0.404. The van der Waals surface area contributed by atoms with Crippen LogP contribution in [0.4, 0.5) is 11.4 Å². The Bertz CT molecular complexity index is 1290. The lowest BCUT2D eigenvalue weighted by molar-refractivity contribution is -0.131. The van der Waals surface area contributed by atoms with Crippen LogP contribution >= 0.6 is 0 Å². The van der Waals surface area contributed by atoms with Crippen molar-refractivity contribution in [2.24, 2.45) is 0 Å². The lowest BCUT2D eigenvalue weighted by Gasteiger charge is -2.37. The van der Waals surface area contributed by atoms with E-state index in [1.165, 1.54) is 33.6 Å². The zero-order chi connectivity index (χ0) is 24.9. The first kappa shape index (κ1) is 24.2. The molecule has 0 unspecified atom stereocenters. The van der Waals surface area contributed by atoms with Gasteiger partial charge in [-0.1, -0.05) is 24.3 Å². The van der Waals surface area contributed by atoms with Crippen LogP contribution in [0.25, 0.3) is 0 Å². The summed E-state index contributed by atoms with van der Waals surface area (Å²) >= 11 is 0. The molecule has 0 saturated carbocycles. The zero-order valence-corrected chi connectivity index (χ0v) is 20.5. The fraction of sp³-hybridized carbons (Fsp3) is 0.333. The van der Waals surface area contributed by atoms with Crippen molar-refractivity contribution >= 4 is 23.2 Å². The lowest BCUT2D eigenvalue weighted by Crippen LogP contribution is -2.49. The molecule has 0 bridgehead atoms. The van der Waals surface area contributed by atoms with E-state index in [9.17, 15) is 14.4 Å². The van der Waals surface area contributed by atoms with Crippen LogP contribution in [-0.2, 0) is 11.3 Å². The molecule has 1 N–H and O–H groups in total. The van der Waals surface area contributed by atoms with Gasteiger partial charge in [0, 0.05) is 50.0 Å². The van der Waals surface area contributed by atoms with Crippen LogP contribution < -0.4 is 15.8 Å². The summed E-state index contributed by atoms with van der Waals surface area (Å²) in [5.41, 5.74) is 5.20. The molecule has 1 aliphatic rings. The maximum atomic E-state index is 12.8. The van der Waals surface area contributed by atoms with Gasteiger partial charge < -0.3 is 15.1 Å². The number of hydrogen-bond donors (Lipinski definition) is 1. The average molecular weight is 474 g/mol. The first-order valence-electron chi connectivity index (χ1n) is 11.9.